The van der Waals surface area contributed by atoms with Gasteiger partial charge in [-0.1, -0.05) is 12.1 Å². The second-order valence-corrected chi connectivity index (χ2v) is 6.64. The average molecular weight is 354 g/mol. The van der Waals surface area contributed by atoms with E-state index in [2.05, 4.69) is 11.0 Å². The van der Waals surface area contributed by atoms with Crippen LogP contribution in [-0.4, -0.2) is 50.2 Å². The van der Waals surface area contributed by atoms with Crippen molar-refractivity contribution >= 4 is 11.6 Å². The number of hydrogen-bond acceptors (Lipinski definition) is 4. The van der Waals surface area contributed by atoms with Gasteiger partial charge < -0.3 is 19.3 Å². The molecule has 0 N–H and O–H groups in total. The molecule has 0 aromatic heterocycles. The summed E-state index contributed by atoms with van der Waals surface area (Å²) in [4.78, 5) is 16.9. The summed E-state index contributed by atoms with van der Waals surface area (Å²) in [5.41, 5.74) is 1.78. The zero-order chi connectivity index (χ0) is 18.5. The Balaban J connectivity index is 1.61. The number of anilines is 1. The number of nitrogens with zero attached hydrogens (tertiary/aromatic N) is 2. The number of amides is 1. The minimum Gasteiger partial charge on any atom is -0.495 e. The molecule has 3 rings (SSSR count). The van der Waals surface area contributed by atoms with Gasteiger partial charge in [-0.3, -0.25) is 4.79 Å². The molecule has 2 aromatic carbocycles. The van der Waals surface area contributed by atoms with Crippen molar-refractivity contribution in [1.29, 1.82) is 0 Å². The first-order valence-corrected chi connectivity index (χ1v) is 9.02. The van der Waals surface area contributed by atoms with E-state index in [4.69, 9.17) is 9.47 Å². The number of carbonyl (C=O) groups excluding carboxylic acids is 1. The van der Waals surface area contributed by atoms with Crippen LogP contribution in [0.15, 0.2) is 48.5 Å². The molecule has 5 heteroatoms. The van der Waals surface area contributed by atoms with Crippen molar-refractivity contribution in [2.45, 2.75) is 20.0 Å². The van der Waals surface area contributed by atoms with Crippen LogP contribution in [0.2, 0.25) is 0 Å². The van der Waals surface area contributed by atoms with Gasteiger partial charge in [0.15, 0.2) is 0 Å². The average Bonchev–Trinajstić information content (AvgIpc) is 2.67. The van der Waals surface area contributed by atoms with Crippen molar-refractivity contribution < 1.29 is 14.3 Å². The van der Waals surface area contributed by atoms with Crippen LogP contribution in [0.1, 0.15) is 24.2 Å². The first kappa shape index (κ1) is 18.1. The molecule has 0 radical (unpaired) electrons. The molecule has 138 valence electrons. The molecular weight excluding hydrogens is 328 g/mol. The highest BCUT2D eigenvalue weighted by atomic mass is 16.5. The zero-order valence-corrected chi connectivity index (χ0v) is 15.6. The number of hydrogen-bond donors (Lipinski definition) is 0. The Kier molecular flexibility index (Phi) is 5.66. The van der Waals surface area contributed by atoms with Crippen molar-refractivity contribution in [1.82, 2.24) is 4.90 Å². The molecule has 0 aliphatic carbocycles. The highest BCUT2D eigenvalue weighted by molar-refractivity contribution is 5.94. The number of carbonyl (C=O) groups is 1. The minimum absolute atomic E-state index is 0.0702. The smallest absolute Gasteiger partial charge is 0.253 e. The summed E-state index contributed by atoms with van der Waals surface area (Å²) in [6.45, 7) is 6.95. The SMILES string of the molecule is COc1ccccc1N1CCN(C(=O)c2ccc(OC(C)C)cc2)CC1. The molecule has 0 spiro atoms. The Morgan fingerprint density at radius 3 is 2.23 bits per heavy atom. The van der Waals surface area contributed by atoms with Crippen LogP contribution in [0, 0.1) is 0 Å². The Bertz CT molecular complexity index is 735. The first-order valence-electron chi connectivity index (χ1n) is 9.02. The van der Waals surface area contributed by atoms with Gasteiger partial charge in [0.05, 0.1) is 18.9 Å². The van der Waals surface area contributed by atoms with Gasteiger partial charge in [0.2, 0.25) is 0 Å². The fraction of sp³-hybridized carbons (Fsp3) is 0.381. The molecule has 1 fully saturated rings. The van der Waals surface area contributed by atoms with E-state index in [1.54, 1.807) is 7.11 Å². The van der Waals surface area contributed by atoms with Crippen LogP contribution in [0.4, 0.5) is 5.69 Å². The standard InChI is InChI=1S/C21H26N2O3/c1-16(2)26-18-10-8-17(9-11-18)21(24)23-14-12-22(13-15-23)19-6-4-5-7-20(19)25-3/h4-11,16H,12-15H2,1-3H3. The molecule has 1 amide bonds. The van der Waals surface area contributed by atoms with Crippen molar-refractivity contribution in [3.63, 3.8) is 0 Å². The third kappa shape index (κ3) is 4.10. The molecule has 2 aromatic rings. The summed E-state index contributed by atoms with van der Waals surface area (Å²) < 4.78 is 11.1. The fourth-order valence-corrected chi connectivity index (χ4v) is 3.17. The molecule has 1 saturated heterocycles. The van der Waals surface area contributed by atoms with E-state index in [9.17, 15) is 4.79 Å². The maximum absolute atomic E-state index is 12.7. The third-order valence-electron chi connectivity index (χ3n) is 4.47. The van der Waals surface area contributed by atoms with Crippen molar-refractivity contribution in [3.8, 4) is 11.5 Å². The van der Waals surface area contributed by atoms with Gasteiger partial charge in [0.25, 0.3) is 5.91 Å². The Morgan fingerprint density at radius 1 is 0.962 bits per heavy atom. The van der Waals surface area contributed by atoms with Gasteiger partial charge in [-0.05, 0) is 50.2 Å². The van der Waals surface area contributed by atoms with E-state index in [0.29, 0.717) is 18.7 Å². The highest BCUT2D eigenvalue weighted by Gasteiger charge is 2.23. The van der Waals surface area contributed by atoms with Crippen LogP contribution in [0.25, 0.3) is 0 Å². The molecular formula is C21H26N2O3. The summed E-state index contributed by atoms with van der Waals surface area (Å²) in [5, 5.41) is 0. The number of piperazine rings is 1. The lowest BCUT2D eigenvalue weighted by molar-refractivity contribution is 0.0746. The van der Waals surface area contributed by atoms with Gasteiger partial charge in [-0.25, -0.2) is 0 Å². The highest BCUT2D eigenvalue weighted by Crippen LogP contribution is 2.28. The van der Waals surface area contributed by atoms with Crippen LogP contribution in [-0.2, 0) is 0 Å². The van der Waals surface area contributed by atoms with E-state index in [0.717, 1.165) is 30.3 Å². The summed E-state index contributed by atoms with van der Waals surface area (Å²) in [6, 6.07) is 15.4. The first-order chi connectivity index (χ1) is 12.6. The Hall–Kier alpha value is -2.69. The lowest BCUT2D eigenvalue weighted by Gasteiger charge is -2.36. The Labute approximate surface area is 155 Å². The van der Waals surface area contributed by atoms with Gasteiger partial charge in [-0.2, -0.15) is 0 Å². The molecule has 0 saturated carbocycles. The summed E-state index contributed by atoms with van der Waals surface area (Å²) >= 11 is 0. The summed E-state index contributed by atoms with van der Waals surface area (Å²) in [6.07, 6.45) is 0.125. The van der Waals surface area contributed by atoms with Crippen molar-refractivity contribution in [2.75, 3.05) is 38.2 Å². The van der Waals surface area contributed by atoms with Crippen LogP contribution < -0.4 is 14.4 Å². The topological polar surface area (TPSA) is 42.0 Å². The number of para-hydroxylation sites is 2. The lowest BCUT2D eigenvalue weighted by Crippen LogP contribution is -2.48. The largest absolute Gasteiger partial charge is 0.495 e. The normalized spacial score (nSPS) is 14.5. The van der Waals surface area contributed by atoms with Gasteiger partial charge in [0.1, 0.15) is 11.5 Å². The molecule has 1 aliphatic rings. The second kappa shape index (κ2) is 8.13. The molecule has 0 unspecified atom stereocenters. The molecule has 26 heavy (non-hydrogen) atoms. The monoisotopic (exact) mass is 354 g/mol. The summed E-state index contributed by atoms with van der Waals surface area (Å²) in [7, 11) is 1.69. The molecule has 1 heterocycles. The fourth-order valence-electron chi connectivity index (χ4n) is 3.17. The predicted molar refractivity (Wildman–Crippen MR) is 103 cm³/mol. The van der Waals surface area contributed by atoms with Gasteiger partial charge >= 0.3 is 0 Å². The molecule has 5 nitrogen and oxygen atoms in total. The predicted octanol–water partition coefficient (Wildman–Crippen LogP) is 3.44. The maximum atomic E-state index is 12.7. The van der Waals surface area contributed by atoms with E-state index < -0.39 is 0 Å². The number of rotatable bonds is 5. The van der Waals surface area contributed by atoms with Crippen LogP contribution in [0.3, 0.4) is 0 Å². The van der Waals surface area contributed by atoms with E-state index in [1.165, 1.54) is 0 Å². The van der Waals surface area contributed by atoms with Crippen molar-refractivity contribution in [3.05, 3.63) is 54.1 Å². The molecule has 0 atom stereocenters. The van der Waals surface area contributed by atoms with E-state index in [-0.39, 0.29) is 12.0 Å². The maximum Gasteiger partial charge on any atom is 0.253 e. The zero-order valence-electron chi connectivity index (χ0n) is 15.6. The third-order valence-corrected chi connectivity index (χ3v) is 4.47. The summed E-state index contributed by atoms with van der Waals surface area (Å²) in [5.74, 6) is 1.73. The Morgan fingerprint density at radius 2 is 1.62 bits per heavy atom. The van der Waals surface area contributed by atoms with Crippen molar-refractivity contribution in [2.24, 2.45) is 0 Å². The van der Waals surface area contributed by atoms with Crippen LogP contribution >= 0.6 is 0 Å². The minimum atomic E-state index is 0.0702. The molecule has 1 aliphatic heterocycles. The van der Waals surface area contributed by atoms with Gasteiger partial charge in [-0.15, -0.1) is 0 Å². The number of ether oxygens (including phenoxy) is 2. The number of methoxy groups -OCH3 is 1. The lowest BCUT2D eigenvalue weighted by atomic mass is 10.1. The second-order valence-electron chi connectivity index (χ2n) is 6.64. The molecule has 0 bridgehead atoms. The van der Waals surface area contributed by atoms with Gasteiger partial charge in [0, 0.05) is 31.7 Å². The van der Waals surface area contributed by atoms with Crippen LogP contribution in [0.5, 0.6) is 11.5 Å². The number of benzene rings is 2. The van der Waals surface area contributed by atoms with E-state index >= 15 is 0 Å². The quantitative estimate of drug-likeness (QED) is 0.825. The van der Waals surface area contributed by atoms with E-state index in [1.807, 2.05) is 61.2 Å².